The zero-order chi connectivity index (χ0) is 23.8. The number of halogens is 1. The van der Waals surface area contributed by atoms with Gasteiger partial charge in [0, 0.05) is 30.7 Å². The van der Waals surface area contributed by atoms with E-state index in [9.17, 15) is 17.6 Å². The number of hydrogen-bond donors (Lipinski definition) is 2. The molecule has 7 nitrogen and oxygen atoms in total. The molecule has 3 aromatic rings. The number of rotatable bonds is 6. The molecule has 0 unspecified atom stereocenters. The van der Waals surface area contributed by atoms with E-state index in [2.05, 4.69) is 19.9 Å². The highest BCUT2D eigenvalue weighted by molar-refractivity contribution is 7.92. The number of aromatic nitrogens is 1. The lowest BCUT2D eigenvalue weighted by molar-refractivity contribution is 0.102. The van der Waals surface area contributed by atoms with Crippen LogP contribution in [0.2, 0.25) is 0 Å². The Labute approximate surface area is 198 Å². The number of nitrogens with zero attached hydrogens (tertiary/aromatic N) is 2. The maximum atomic E-state index is 13.1. The van der Waals surface area contributed by atoms with Gasteiger partial charge in [-0.1, -0.05) is 6.07 Å². The number of carbonyl (C=O) groups excluding carboxylic acids is 1. The van der Waals surface area contributed by atoms with E-state index in [1.54, 1.807) is 30.5 Å². The van der Waals surface area contributed by atoms with Crippen molar-refractivity contribution >= 4 is 33.1 Å². The molecule has 5 rings (SSSR count). The molecule has 2 aromatic carbocycles. The molecule has 1 saturated carbocycles. The first-order chi connectivity index (χ1) is 16.3. The highest BCUT2D eigenvalue weighted by Crippen LogP contribution is 2.53. The van der Waals surface area contributed by atoms with Crippen LogP contribution in [0.25, 0.3) is 0 Å². The van der Waals surface area contributed by atoms with Crippen LogP contribution >= 0.6 is 0 Å². The molecule has 2 fully saturated rings. The van der Waals surface area contributed by atoms with Gasteiger partial charge in [0.1, 0.15) is 11.6 Å². The van der Waals surface area contributed by atoms with E-state index in [4.69, 9.17) is 0 Å². The molecule has 1 amide bonds. The van der Waals surface area contributed by atoms with Gasteiger partial charge < -0.3 is 10.2 Å². The van der Waals surface area contributed by atoms with E-state index in [-0.39, 0.29) is 16.5 Å². The summed E-state index contributed by atoms with van der Waals surface area (Å²) in [4.78, 5) is 19.7. The summed E-state index contributed by atoms with van der Waals surface area (Å²) >= 11 is 0. The van der Waals surface area contributed by atoms with E-state index >= 15 is 0 Å². The zero-order valence-corrected chi connectivity index (χ0v) is 19.3. The van der Waals surface area contributed by atoms with Crippen molar-refractivity contribution in [2.75, 3.05) is 28.0 Å². The van der Waals surface area contributed by atoms with Gasteiger partial charge in [-0.15, -0.1) is 0 Å². The normalized spacial score (nSPS) is 16.8. The standard InChI is InChI=1S/C25H25FN4O3S/c26-18-6-8-19(9-7-18)29-34(32,33)21-4-1-3-20(17-21)28-24(31)22-5-2-14-27-23(22)30-15-12-25(10-11-25)13-16-30/h1-9,14,17,29H,10-13,15-16H2,(H,28,31). The van der Waals surface area contributed by atoms with Crippen LogP contribution in [0.5, 0.6) is 0 Å². The maximum absolute atomic E-state index is 13.1. The topological polar surface area (TPSA) is 91.4 Å². The third-order valence-corrected chi connectivity index (χ3v) is 7.99. The minimum atomic E-state index is -3.92. The third kappa shape index (κ3) is 4.75. The van der Waals surface area contributed by atoms with Crippen LogP contribution in [0.1, 0.15) is 36.0 Å². The molecule has 1 aliphatic carbocycles. The van der Waals surface area contributed by atoms with Gasteiger partial charge in [-0.2, -0.15) is 0 Å². The van der Waals surface area contributed by atoms with Crippen LogP contribution < -0.4 is 14.9 Å². The average molecular weight is 481 g/mol. The molecule has 0 atom stereocenters. The molecule has 1 saturated heterocycles. The number of nitrogens with one attached hydrogen (secondary N) is 2. The first-order valence-corrected chi connectivity index (χ1v) is 12.7. The van der Waals surface area contributed by atoms with Crippen LogP contribution in [0, 0.1) is 11.2 Å². The molecule has 2 N–H and O–H groups in total. The Balaban J connectivity index is 1.32. The smallest absolute Gasteiger partial charge is 0.261 e. The van der Waals surface area contributed by atoms with Crippen LogP contribution in [0.15, 0.2) is 71.8 Å². The number of carbonyl (C=O) groups is 1. The monoisotopic (exact) mass is 480 g/mol. The van der Waals surface area contributed by atoms with E-state index in [1.165, 1.54) is 49.2 Å². The first kappa shape index (κ1) is 22.3. The summed E-state index contributed by atoms with van der Waals surface area (Å²) in [6, 6.07) is 14.5. The van der Waals surface area contributed by atoms with Crippen molar-refractivity contribution < 1.29 is 17.6 Å². The molecule has 9 heteroatoms. The molecule has 2 heterocycles. The van der Waals surface area contributed by atoms with Gasteiger partial charge in [-0.3, -0.25) is 9.52 Å². The summed E-state index contributed by atoms with van der Waals surface area (Å²) in [5.41, 5.74) is 1.55. The second-order valence-corrected chi connectivity index (χ2v) is 10.6. The van der Waals surface area contributed by atoms with Crippen molar-refractivity contribution in [3.05, 3.63) is 78.2 Å². The Morgan fingerprint density at radius 1 is 0.941 bits per heavy atom. The number of sulfonamides is 1. The van der Waals surface area contributed by atoms with E-state index in [0.717, 1.165) is 25.9 Å². The number of hydrogen-bond acceptors (Lipinski definition) is 5. The molecule has 34 heavy (non-hydrogen) atoms. The second kappa shape index (κ2) is 8.72. The van der Waals surface area contributed by atoms with Crippen LogP contribution in [-0.2, 0) is 10.0 Å². The fourth-order valence-electron chi connectivity index (χ4n) is 4.37. The number of pyridine rings is 1. The average Bonchev–Trinajstić information content (AvgIpc) is 3.60. The maximum Gasteiger partial charge on any atom is 0.261 e. The lowest BCUT2D eigenvalue weighted by atomic mass is 9.93. The van der Waals surface area contributed by atoms with Gasteiger partial charge >= 0.3 is 0 Å². The lowest BCUT2D eigenvalue weighted by Gasteiger charge is -2.33. The van der Waals surface area contributed by atoms with Gasteiger partial charge in [0.15, 0.2) is 0 Å². The molecule has 1 spiro atoms. The Morgan fingerprint density at radius 3 is 2.38 bits per heavy atom. The van der Waals surface area contributed by atoms with Gasteiger partial charge in [0.2, 0.25) is 0 Å². The predicted molar refractivity (Wildman–Crippen MR) is 129 cm³/mol. The summed E-state index contributed by atoms with van der Waals surface area (Å²) in [5, 5.41) is 2.80. The van der Waals surface area contributed by atoms with Crippen LogP contribution in [-0.4, -0.2) is 32.4 Å². The third-order valence-electron chi connectivity index (χ3n) is 6.61. The Bertz CT molecular complexity index is 1310. The highest BCUT2D eigenvalue weighted by atomic mass is 32.2. The first-order valence-electron chi connectivity index (χ1n) is 11.2. The molecule has 0 bridgehead atoms. The molecular formula is C25H25FN4O3S. The van der Waals surface area contributed by atoms with E-state index < -0.39 is 15.8 Å². The van der Waals surface area contributed by atoms with Gasteiger partial charge in [-0.25, -0.2) is 17.8 Å². The molecular weight excluding hydrogens is 455 g/mol. The van der Waals surface area contributed by atoms with Gasteiger partial charge in [0.25, 0.3) is 15.9 Å². The molecule has 176 valence electrons. The largest absolute Gasteiger partial charge is 0.356 e. The van der Waals surface area contributed by atoms with E-state index in [1.807, 2.05) is 0 Å². The van der Waals surface area contributed by atoms with Crippen molar-refractivity contribution in [3.8, 4) is 0 Å². The number of anilines is 3. The molecule has 2 aliphatic rings. The minimum absolute atomic E-state index is 0.0215. The SMILES string of the molecule is O=C(Nc1cccc(S(=O)(=O)Nc2ccc(F)cc2)c1)c1cccnc1N1CCC2(CC1)CC2. The summed E-state index contributed by atoms with van der Waals surface area (Å²) in [7, 11) is -3.92. The summed E-state index contributed by atoms with van der Waals surface area (Å²) in [6.45, 7) is 1.75. The summed E-state index contributed by atoms with van der Waals surface area (Å²) in [6.07, 6.45) is 6.51. The predicted octanol–water partition coefficient (Wildman–Crippen LogP) is 4.65. The van der Waals surface area contributed by atoms with Crippen molar-refractivity contribution in [1.82, 2.24) is 4.98 Å². The van der Waals surface area contributed by atoms with Gasteiger partial charge in [-0.05, 0) is 85.7 Å². The lowest BCUT2D eigenvalue weighted by Crippen LogP contribution is -2.36. The number of benzene rings is 2. The van der Waals surface area contributed by atoms with Crippen molar-refractivity contribution in [2.45, 2.75) is 30.6 Å². The number of piperidine rings is 1. The Morgan fingerprint density at radius 2 is 1.68 bits per heavy atom. The minimum Gasteiger partial charge on any atom is -0.356 e. The van der Waals surface area contributed by atoms with Crippen molar-refractivity contribution in [2.24, 2.45) is 5.41 Å². The highest BCUT2D eigenvalue weighted by Gasteiger charge is 2.44. The van der Waals surface area contributed by atoms with Gasteiger partial charge in [0.05, 0.1) is 10.5 Å². The fourth-order valence-corrected chi connectivity index (χ4v) is 5.47. The van der Waals surface area contributed by atoms with Crippen molar-refractivity contribution in [3.63, 3.8) is 0 Å². The van der Waals surface area contributed by atoms with Crippen LogP contribution in [0.4, 0.5) is 21.6 Å². The zero-order valence-electron chi connectivity index (χ0n) is 18.5. The summed E-state index contributed by atoms with van der Waals surface area (Å²) < 4.78 is 41.1. The number of amides is 1. The van der Waals surface area contributed by atoms with Crippen molar-refractivity contribution in [1.29, 1.82) is 0 Å². The Hall–Kier alpha value is -3.46. The molecule has 1 aromatic heterocycles. The second-order valence-electron chi connectivity index (χ2n) is 8.96. The molecule has 1 aliphatic heterocycles. The quantitative estimate of drug-likeness (QED) is 0.536. The Kier molecular flexibility index (Phi) is 5.73. The van der Waals surface area contributed by atoms with E-state index in [0.29, 0.717) is 22.5 Å². The van der Waals surface area contributed by atoms with Crippen LogP contribution in [0.3, 0.4) is 0 Å². The molecule has 0 radical (unpaired) electrons. The summed E-state index contributed by atoms with van der Waals surface area (Å²) in [5.74, 6) is -0.160. The fraction of sp³-hybridized carbons (Fsp3) is 0.280.